The summed E-state index contributed by atoms with van der Waals surface area (Å²) >= 11 is 0. The van der Waals surface area contributed by atoms with Gasteiger partial charge >= 0.3 is 0 Å². The molecule has 0 aliphatic rings. The molecule has 0 bridgehead atoms. The fraction of sp³-hybridized carbons (Fsp3) is 0.200. The second-order valence-electron chi connectivity index (χ2n) is 7.88. The number of pyridine rings is 1. The lowest BCUT2D eigenvalue weighted by Crippen LogP contribution is -2.13. The van der Waals surface area contributed by atoms with Crippen molar-refractivity contribution in [2.45, 2.75) is 33.1 Å². The van der Waals surface area contributed by atoms with Gasteiger partial charge in [-0.15, -0.1) is 0 Å². The van der Waals surface area contributed by atoms with Gasteiger partial charge in [0, 0.05) is 17.8 Å². The topological polar surface area (TPSA) is 51.2 Å². The summed E-state index contributed by atoms with van der Waals surface area (Å²) in [5, 5.41) is 2.87. The molecule has 1 amide bonds. The van der Waals surface area contributed by atoms with E-state index in [1.54, 1.807) is 24.4 Å². The van der Waals surface area contributed by atoms with E-state index in [-0.39, 0.29) is 11.3 Å². The predicted octanol–water partition coefficient (Wildman–Crippen LogP) is 6.13. The summed E-state index contributed by atoms with van der Waals surface area (Å²) < 4.78 is 6.10. The quantitative estimate of drug-likeness (QED) is 0.537. The van der Waals surface area contributed by atoms with Crippen LogP contribution in [0.2, 0.25) is 0 Å². The minimum atomic E-state index is -0.241. The number of hydrogen-bond donors (Lipinski definition) is 1. The number of hydrogen-bond acceptors (Lipinski definition) is 3. The van der Waals surface area contributed by atoms with E-state index in [1.807, 2.05) is 55.5 Å². The molecule has 0 radical (unpaired) electrons. The van der Waals surface area contributed by atoms with Gasteiger partial charge in [-0.25, -0.2) is 4.98 Å². The van der Waals surface area contributed by atoms with E-state index in [1.165, 1.54) is 6.08 Å². The second-order valence-corrected chi connectivity index (χ2v) is 7.88. The van der Waals surface area contributed by atoms with Crippen LogP contribution in [0.5, 0.6) is 11.6 Å². The molecule has 1 heterocycles. The van der Waals surface area contributed by atoms with Crippen LogP contribution in [0.15, 0.2) is 72.9 Å². The highest BCUT2D eigenvalue weighted by Crippen LogP contribution is 2.35. The summed E-state index contributed by atoms with van der Waals surface area (Å²) in [6, 6.07) is 19.3. The maximum atomic E-state index is 12.4. The van der Waals surface area contributed by atoms with Gasteiger partial charge in [-0.3, -0.25) is 4.79 Å². The molecule has 0 saturated carbocycles. The Bertz CT molecular complexity index is 1030. The fourth-order valence-corrected chi connectivity index (χ4v) is 2.96. The van der Waals surface area contributed by atoms with Crippen molar-refractivity contribution in [3.8, 4) is 11.6 Å². The Hall–Kier alpha value is -3.40. The number of nitrogens with zero attached hydrogens (tertiary/aromatic N) is 1. The maximum Gasteiger partial charge on any atom is 0.248 e. The van der Waals surface area contributed by atoms with Gasteiger partial charge in [0.2, 0.25) is 11.8 Å². The average Bonchev–Trinajstić information content (AvgIpc) is 2.68. The van der Waals surface area contributed by atoms with Gasteiger partial charge in [0.1, 0.15) is 11.4 Å². The number of nitrogens with one attached hydrogen (secondary N) is 1. The Morgan fingerprint density at radius 3 is 2.48 bits per heavy atom. The number of amides is 1. The van der Waals surface area contributed by atoms with Gasteiger partial charge in [0.15, 0.2) is 0 Å². The maximum absolute atomic E-state index is 12.4. The molecule has 148 valence electrons. The lowest BCUT2D eigenvalue weighted by Gasteiger charge is -2.22. The van der Waals surface area contributed by atoms with Crippen LogP contribution in [0.1, 0.15) is 37.5 Å². The van der Waals surface area contributed by atoms with Gasteiger partial charge in [0.25, 0.3) is 0 Å². The molecule has 0 aliphatic carbocycles. The summed E-state index contributed by atoms with van der Waals surface area (Å²) in [6.45, 7) is 8.41. The molecule has 0 unspecified atom stereocenters. The average molecular weight is 386 g/mol. The van der Waals surface area contributed by atoms with E-state index in [0.717, 1.165) is 22.4 Å². The molecule has 3 aromatic rings. The summed E-state index contributed by atoms with van der Waals surface area (Å²) in [5.74, 6) is 0.849. The molecule has 0 aliphatic heterocycles. The molecule has 1 aromatic heterocycles. The van der Waals surface area contributed by atoms with Crippen molar-refractivity contribution in [3.05, 3.63) is 89.6 Å². The van der Waals surface area contributed by atoms with Crippen LogP contribution in [0.4, 0.5) is 5.69 Å². The van der Waals surface area contributed by atoms with Crippen LogP contribution in [-0.2, 0) is 10.2 Å². The van der Waals surface area contributed by atoms with Crippen LogP contribution in [0.3, 0.4) is 0 Å². The number of carbonyl (C=O) groups excluding carboxylic acids is 1. The van der Waals surface area contributed by atoms with E-state index in [0.29, 0.717) is 11.6 Å². The van der Waals surface area contributed by atoms with Crippen LogP contribution in [-0.4, -0.2) is 10.9 Å². The number of carbonyl (C=O) groups is 1. The smallest absolute Gasteiger partial charge is 0.248 e. The third kappa shape index (κ3) is 5.32. The second kappa shape index (κ2) is 8.74. The molecule has 0 atom stereocenters. The molecular formula is C25H26N2O2. The molecule has 29 heavy (non-hydrogen) atoms. The van der Waals surface area contributed by atoms with Gasteiger partial charge in [-0.2, -0.15) is 0 Å². The molecule has 0 saturated heterocycles. The van der Waals surface area contributed by atoms with Crippen molar-refractivity contribution in [2.75, 3.05) is 5.32 Å². The van der Waals surface area contributed by atoms with Crippen molar-refractivity contribution in [2.24, 2.45) is 0 Å². The molecule has 3 rings (SSSR count). The Morgan fingerprint density at radius 1 is 1.00 bits per heavy atom. The minimum Gasteiger partial charge on any atom is -0.437 e. The Labute approximate surface area is 172 Å². The third-order valence-corrected chi connectivity index (χ3v) is 4.53. The number of aromatic nitrogens is 1. The number of para-hydroxylation sites is 1. The molecule has 0 fully saturated rings. The lowest BCUT2D eigenvalue weighted by atomic mass is 9.86. The van der Waals surface area contributed by atoms with Crippen molar-refractivity contribution < 1.29 is 9.53 Å². The highest BCUT2D eigenvalue weighted by atomic mass is 16.5. The van der Waals surface area contributed by atoms with Crippen LogP contribution < -0.4 is 10.1 Å². The van der Waals surface area contributed by atoms with Gasteiger partial charge in [0.05, 0.1) is 0 Å². The molecule has 0 spiro atoms. The summed E-state index contributed by atoms with van der Waals surface area (Å²) in [6.07, 6.45) is 4.96. The van der Waals surface area contributed by atoms with Crippen LogP contribution in [0.25, 0.3) is 6.08 Å². The Kier molecular flexibility index (Phi) is 6.13. The standard InChI is InChI=1S/C25H26N2O2/c1-18-10-5-6-11-19(18)15-16-23(28)27-21-13-9-17-26-24(21)29-22-14-8-7-12-20(22)25(2,3)4/h5-17H,1-4H3,(H,27,28)/b16-15+. The number of rotatable bonds is 5. The first kappa shape index (κ1) is 20.3. The van der Waals surface area contributed by atoms with E-state index < -0.39 is 0 Å². The van der Waals surface area contributed by atoms with Crippen molar-refractivity contribution >= 4 is 17.7 Å². The Morgan fingerprint density at radius 2 is 1.72 bits per heavy atom. The normalized spacial score (nSPS) is 11.4. The first-order chi connectivity index (χ1) is 13.8. The lowest BCUT2D eigenvalue weighted by molar-refractivity contribution is -0.111. The zero-order valence-corrected chi connectivity index (χ0v) is 17.3. The first-order valence-corrected chi connectivity index (χ1v) is 9.61. The number of anilines is 1. The first-order valence-electron chi connectivity index (χ1n) is 9.61. The highest BCUT2D eigenvalue weighted by molar-refractivity contribution is 6.02. The zero-order valence-electron chi connectivity index (χ0n) is 17.3. The number of ether oxygens (including phenoxy) is 1. The monoisotopic (exact) mass is 386 g/mol. The van der Waals surface area contributed by atoms with Gasteiger partial charge < -0.3 is 10.1 Å². The van der Waals surface area contributed by atoms with Crippen molar-refractivity contribution in [1.29, 1.82) is 0 Å². The Balaban J connectivity index is 1.80. The molecule has 4 heteroatoms. The highest BCUT2D eigenvalue weighted by Gasteiger charge is 2.20. The zero-order chi connectivity index (χ0) is 20.9. The third-order valence-electron chi connectivity index (χ3n) is 4.53. The molecular weight excluding hydrogens is 360 g/mol. The minimum absolute atomic E-state index is 0.0783. The van der Waals surface area contributed by atoms with Gasteiger partial charge in [-0.05, 0) is 47.7 Å². The summed E-state index contributed by atoms with van der Waals surface area (Å²) in [5.41, 5.74) is 3.63. The fourth-order valence-electron chi connectivity index (χ4n) is 2.96. The number of benzene rings is 2. The van der Waals surface area contributed by atoms with E-state index >= 15 is 0 Å². The van der Waals surface area contributed by atoms with E-state index in [2.05, 4.69) is 31.1 Å². The van der Waals surface area contributed by atoms with Gasteiger partial charge in [-0.1, -0.05) is 63.2 Å². The van der Waals surface area contributed by atoms with Crippen LogP contribution >= 0.6 is 0 Å². The van der Waals surface area contributed by atoms with Crippen molar-refractivity contribution in [1.82, 2.24) is 4.98 Å². The van der Waals surface area contributed by atoms with E-state index in [9.17, 15) is 4.79 Å². The van der Waals surface area contributed by atoms with E-state index in [4.69, 9.17) is 4.74 Å². The largest absolute Gasteiger partial charge is 0.437 e. The molecule has 4 nitrogen and oxygen atoms in total. The predicted molar refractivity (Wildman–Crippen MR) is 118 cm³/mol. The summed E-state index contributed by atoms with van der Waals surface area (Å²) in [7, 11) is 0. The van der Waals surface area contributed by atoms with Crippen molar-refractivity contribution in [3.63, 3.8) is 0 Å². The molecule has 2 aromatic carbocycles. The number of aryl methyl sites for hydroxylation is 1. The SMILES string of the molecule is Cc1ccccc1/C=C/C(=O)Nc1cccnc1Oc1ccccc1C(C)(C)C. The van der Waals surface area contributed by atoms with Crippen LogP contribution in [0, 0.1) is 6.92 Å². The summed E-state index contributed by atoms with van der Waals surface area (Å²) in [4.78, 5) is 16.8. The molecule has 1 N–H and O–H groups in total.